The Morgan fingerprint density at radius 2 is 2.18 bits per heavy atom. The lowest BCUT2D eigenvalue weighted by atomic mass is 10.5. The molecule has 9 heteroatoms. The molecule has 0 amide bonds. The van der Waals surface area contributed by atoms with Crippen LogP contribution >= 0.6 is 11.6 Å². The van der Waals surface area contributed by atoms with E-state index in [1.54, 1.807) is 0 Å². The van der Waals surface area contributed by atoms with Gasteiger partial charge in [-0.25, -0.2) is 13.1 Å². The van der Waals surface area contributed by atoms with Crippen LogP contribution in [0.4, 0.5) is 0 Å². The molecule has 0 unspecified atom stereocenters. The Morgan fingerprint density at radius 1 is 1.53 bits per heavy atom. The summed E-state index contributed by atoms with van der Waals surface area (Å²) in [6, 6.07) is 0.990. The lowest BCUT2D eigenvalue weighted by Gasteiger charge is -2.05. The summed E-state index contributed by atoms with van der Waals surface area (Å²) in [6.45, 7) is -0.242. The summed E-state index contributed by atoms with van der Waals surface area (Å²) in [5.74, 6) is -1.12. The number of carbonyl (C=O) groups is 1. The molecule has 0 saturated carbocycles. The third kappa shape index (κ3) is 3.84. The van der Waals surface area contributed by atoms with Crippen molar-refractivity contribution in [3.63, 3.8) is 0 Å². The first-order valence-corrected chi connectivity index (χ1v) is 6.29. The number of rotatable bonds is 5. The molecule has 3 N–H and O–H groups in total. The minimum Gasteiger partial charge on any atom is -0.481 e. The molecule has 7 nitrogen and oxygen atoms in total. The van der Waals surface area contributed by atoms with Crippen LogP contribution in [0.15, 0.2) is 22.0 Å². The Kier molecular flexibility index (Phi) is 4.27. The van der Waals surface area contributed by atoms with Gasteiger partial charge in [-0.15, -0.1) is 0 Å². The van der Waals surface area contributed by atoms with Crippen LogP contribution in [0, 0.1) is 0 Å². The van der Waals surface area contributed by atoms with E-state index in [9.17, 15) is 18.0 Å². The van der Waals surface area contributed by atoms with Crippen LogP contribution in [0.1, 0.15) is 6.42 Å². The van der Waals surface area contributed by atoms with E-state index in [0.717, 1.165) is 12.3 Å². The standard InChI is InChI=1S/C8H9ClN2O5S/c9-6-3-5(4-10-8(6)14)17(15,16)11-2-1-7(12)13/h3-4,11H,1-2H2,(H,10,14)(H,12,13). The van der Waals surface area contributed by atoms with Crippen molar-refractivity contribution in [3.05, 3.63) is 27.6 Å². The fraction of sp³-hybridized carbons (Fsp3) is 0.250. The van der Waals surface area contributed by atoms with Crippen LogP contribution in [0.2, 0.25) is 5.02 Å². The zero-order chi connectivity index (χ0) is 13.1. The lowest BCUT2D eigenvalue weighted by molar-refractivity contribution is -0.136. The Labute approximate surface area is 101 Å². The topological polar surface area (TPSA) is 116 Å². The summed E-state index contributed by atoms with van der Waals surface area (Å²) in [5.41, 5.74) is -0.601. The lowest BCUT2D eigenvalue weighted by Crippen LogP contribution is -2.27. The van der Waals surface area contributed by atoms with Crippen LogP contribution < -0.4 is 10.3 Å². The summed E-state index contributed by atoms with van der Waals surface area (Å²) in [5, 5.41) is 8.10. The molecule has 0 spiro atoms. The number of aliphatic carboxylic acids is 1. The number of pyridine rings is 1. The third-order valence-corrected chi connectivity index (χ3v) is 3.49. The molecule has 1 aromatic rings. The fourth-order valence-corrected chi connectivity index (χ4v) is 2.23. The van der Waals surface area contributed by atoms with E-state index in [1.165, 1.54) is 0 Å². The monoisotopic (exact) mass is 280 g/mol. The number of halogens is 1. The molecule has 1 rings (SSSR count). The molecule has 0 atom stereocenters. The zero-order valence-corrected chi connectivity index (χ0v) is 10.0. The molecule has 0 aliphatic carbocycles. The van der Waals surface area contributed by atoms with Crippen molar-refractivity contribution in [2.45, 2.75) is 11.3 Å². The van der Waals surface area contributed by atoms with Gasteiger partial charge in [0.05, 0.1) is 11.3 Å². The number of sulfonamides is 1. The Hall–Kier alpha value is -1.38. The van der Waals surface area contributed by atoms with E-state index >= 15 is 0 Å². The second-order valence-corrected chi connectivity index (χ2v) is 5.23. The number of nitrogens with one attached hydrogen (secondary N) is 2. The predicted molar refractivity (Wildman–Crippen MR) is 59.5 cm³/mol. The molecule has 0 fully saturated rings. The van der Waals surface area contributed by atoms with E-state index in [4.69, 9.17) is 16.7 Å². The molecule has 0 bridgehead atoms. The minimum atomic E-state index is -3.86. The zero-order valence-electron chi connectivity index (χ0n) is 8.44. The van der Waals surface area contributed by atoms with Gasteiger partial charge in [0, 0.05) is 12.7 Å². The van der Waals surface area contributed by atoms with Gasteiger partial charge in [-0.1, -0.05) is 11.6 Å². The average Bonchev–Trinajstić information content (AvgIpc) is 2.21. The predicted octanol–water partition coefficient (Wildman–Crippen LogP) is -0.219. The summed E-state index contributed by atoms with van der Waals surface area (Å²) in [4.78, 5) is 23.1. The van der Waals surface area contributed by atoms with Gasteiger partial charge in [0.15, 0.2) is 0 Å². The Bertz CT molecular complexity index is 580. The SMILES string of the molecule is O=C(O)CCNS(=O)(=O)c1c[nH]c(=O)c(Cl)c1. The van der Waals surface area contributed by atoms with E-state index in [-0.39, 0.29) is 22.9 Å². The van der Waals surface area contributed by atoms with Crippen molar-refractivity contribution >= 4 is 27.6 Å². The summed E-state index contributed by atoms with van der Waals surface area (Å²) in [6.07, 6.45) is 0.646. The number of aromatic amines is 1. The maximum atomic E-state index is 11.6. The highest BCUT2D eigenvalue weighted by molar-refractivity contribution is 7.89. The normalized spacial score (nSPS) is 11.4. The highest BCUT2D eigenvalue weighted by atomic mass is 35.5. The Morgan fingerprint density at radius 3 is 2.71 bits per heavy atom. The molecule has 0 aliphatic heterocycles. The smallest absolute Gasteiger partial charge is 0.304 e. The van der Waals surface area contributed by atoms with Gasteiger partial charge in [0.1, 0.15) is 5.02 Å². The summed E-state index contributed by atoms with van der Waals surface area (Å²) in [7, 11) is -3.86. The first-order chi connectivity index (χ1) is 7.83. The van der Waals surface area contributed by atoms with Crippen molar-refractivity contribution in [3.8, 4) is 0 Å². The van der Waals surface area contributed by atoms with Crippen molar-refractivity contribution in [1.82, 2.24) is 9.71 Å². The molecule has 94 valence electrons. The Balaban J connectivity index is 2.86. The largest absolute Gasteiger partial charge is 0.481 e. The van der Waals surface area contributed by atoms with E-state index in [0.29, 0.717) is 0 Å². The van der Waals surface area contributed by atoms with Crippen molar-refractivity contribution in [2.75, 3.05) is 6.54 Å². The highest BCUT2D eigenvalue weighted by Crippen LogP contribution is 2.09. The number of hydrogen-bond acceptors (Lipinski definition) is 4. The molecule has 17 heavy (non-hydrogen) atoms. The van der Waals surface area contributed by atoms with Crippen LogP contribution in [0.5, 0.6) is 0 Å². The first kappa shape index (κ1) is 13.7. The molecule has 1 heterocycles. The fourth-order valence-electron chi connectivity index (χ4n) is 0.969. The number of carboxylic acid groups (broad SMARTS) is 1. The van der Waals surface area contributed by atoms with Gasteiger partial charge in [-0.2, -0.15) is 0 Å². The van der Waals surface area contributed by atoms with Crippen molar-refractivity contribution < 1.29 is 18.3 Å². The van der Waals surface area contributed by atoms with Gasteiger partial charge >= 0.3 is 5.97 Å². The third-order valence-electron chi connectivity index (χ3n) is 1.77. The van der Waals surface area contributed by atoms with Gasteiger partial charge in [0.25, 0.3) is 5.56 Å². The van der Waals surface area contributed by atoms with E-state index < -0.39 is 21.6 Å². The van der Waals surface area contributed by atoms with Crippen LogP contribution in [-0.2, 0) is 14.8 Å². The average molecular weight is 281 g/mol. The van der Waals surface area contributed by atoms with E-state index in [1.807, 2.05) is 0 Å². The van der Waals surface area contributed by atoms with Crippen LogP contribution in [-0.4, -0.2) is 31.0 Å². The second-order valence-electron chi connectivity index (χ2n) is 3.05. The first-order valence-electron chi connectivity index (χ1n) is 4.42. The van der Waals surface area contributed by atoms with Gasteiger partial charge in [-0.3, -0.25) is 9.59 Å². The molecule has 0 radical (unpaired) electrons. The van der Waals surface area contributed by atoms with E-state index in [2.05, 4.69) is 9.71 Å². The second kappa shape index (κ2) is 5.30. The quantitative estimate of drug-likeness (QED) is 0.689. The summed E-state index contributed by atoms with van der Waals surface area (Å²) < 4.78 is 25.2. The molecule has 1 aromatic heterocycles. The van der Waals surface area contributed by atoms with Gasteiger partial charge in [0.2, 0.25) is 10.0 Å². The minimum absolute atomic E-state index is 0.229. The van der Waals surface area contributed by atoms with Crippen LogP contribution in [0.25, 0.3) is 0 Å². The van der Waals surface area contributed by atoms with Crippen molar-refractivity contribution in [1.29, 1.82) is 0 Å². The molecular formula is C8H9ClN2O5S. The highest BCUT2D eigenvalue weighted by Gasteiger charge is 2.15. The van der Waals surface area contributed by atoms with Crippen LogP contribution in [0.3, 0.4) is 0 Å². The van der Waals surface area contributed by atoms with Crippen molar-refractivity contribution in [2.24, 2.45) is 0 Å². The molecular weight excluding hydrogens is 272 g/mol. The molecule has 0 aromatic carbocycles. The van der Waals surface area contributed by atoms with Gasteiger partial charge in [-0.05, 0) is 6.07 Å². The maximum absolute atomic E-state index is 11.6. The maximum Gasteiger partial charge on any atom is 0.304 e. The van der Waals surface area contributed by atoms with Gasteiger partial charge < -0.3 is 10.1 Å². The number of H-pyrrole nitrogens is 1. The number of aromatic nitrogens is 1. The summed E-state index contributed by atoms with van der Waals surface area (Å²) >= 11 is 5.47. The number of hydrogen-bond donors (Lipinski definition) is 3. The molecule has 0 aliphatic rings. The number of carboxylic acids is 1. The molecule has 0 saturated heterocycles.